The lowest BCUT2D eigenvalue weighted by Crippen LogP contribution is -2.45. The number of imidazole rings is 2. The highest BCUT2D eigenvalue weighted by molar-refractivity contribution is 5.82. The van der Waals surface area contributed by atoms with Crippen molar-refractivity contribution in [1.29, 1.82) is 0 Å². The molecule has 2 aromatic carbocycles. The highest BCUT2D eigenvalue weighted by Gasteiger charge is 2.68. The summed E-state index contributed by atoms with van der Waals surface area (Å²) in [6.45, 7) is 12.9. The molecule has 0 spiro atoms. The summed E-state index contributed by atoms with van der Waals surface area (Å²) in [4.78, 5) is 41.3. The molecule has 2 heterocycles. The molecule has 0 saturated heterocycles. The molecule has 0 bridgehead atoms. The topological polar surface area (TPSA) is 116 Å². The molecular weight excluding hydrogens is 629 g/mol. The van der Waals surface area contributed by atoms with Gasteiger partial charge in [0.15, 0.2) is 0 Å². The molecule has 0 aliphatic heterocycles. The van der Waals surface area contributed by atoms with Gasteiger partial charge < -0.3 is 20.6 Å². The van der Waals surface area contributed by atoms with Crippen LogP contribution < -0.4 is 10.6 Å². The lowest BCUT2D eigenvalue weighted by Gasteiger charge is -2.31. The van der Waals surface area contributed by atoms with E-state index in [1.54, 1.807) is 27.0 Å². The molecule has 2 fully saturated rings. The van der Waals surface area contributed by atoms with Crippen molar-refractivity contribution in [2.75, 3.05) is 0 Å². The monoisotopic (exact) mass is 674 g/mol. The molecule has 6 rings (SSSR count). The number of carbonyl (C=O) groups excluding carboxylic acids is 2. The van der Waals surface area contributed by atoms with Gasteiger partial charge in [0.05, 0.1) is 22.8 Å². The summed E-state index contributed by atoms with van der Waals surface area (Å²) < 4.78 is 42.5. The second-order valence-electron chi connectivity index (χ2n) is 16.1. The Kier molecular flexibility index (Phi) is 8.35. The molecule has 2 atom stereocenters. The summed E-state index contributed by atoms with van der Waals surface area (Å²) in [5.74, 6) is 0.379. The minimum atomic E-state index is -4.48. The molecule has 4 aromatic rings. The van der Waals surface area contributed by atoms with Crippen molar-refractivity contribution in [3.05, 3.63) is 72.6 Å². The third-order valence-electron chi connectivity index (χ3n) is 9.99. The van der Waals surface area contributed by atoms with Crippen molar-refractivity contribution in [2.24, 2.45) is 21.7 Å². The fourth-order valence-corrected chi connectivity index (χ4v) is 6.02. The number of H-pyrrole nitrogens is 2. The van der Waals surface area contributed by atoms with Crippen LogP contribution in [0.4, 0.5) is 13.2 Å². The molecule has 2 amide bonds. The van der Waals surface area contributed by atoms with Crippen LogP contribution in [0.25, 0.3) is 33.6 Å². The van der Waals surface area contributed by atoms with Gasteiger partial charge in [-0.3, -0.25) is 9.59 Å². The first-order valence-electron chi connectivity index (χ1n) is 16.8. The van der Waals surface area contributed by atoms with Crippen molar-refractivity contribution >= 4 is 11.8 Å². The van der Waals surface area contributed by atoms with E-state index in [0.29, 0.717) is 5.69 Å². The number of rotatable bonds is 9. The maximum absolute atomic E-state index is 14.2. The van der Waals surface area contributed by atoms with E-state index in [-0.39, 0.29) is 36.0 Å². The maximum Gasteiger partial charge on any atom is 0.396 e. The van der Waals surface area contributed by atoms with Crippen LogP contribution in [-0.2, 0) is 9.59 Å². The first-order chi connectivity index (χ1) is 22.8. The molecule has 4 N–H and O–H groups in total. The van der Waals surface area contributed by atoms with E-state index in [0.717, 1.165) is 46.6 Å². The number of nitrogens with zero attached hydrogens (tertiary/aromatic N) is 2. The third-order valence-corrected chi connectivity index (χ3v) is 9.99. The SMILES string of the molecule is CC(C)(C)C(=O)NC(c1nc(-c2ccc(-c3ccc(-c4c[nH]c(C(NC(=O)C(C)(C)C)C5(C(F)(F)F)CC5)n4)cc3)cc2)c[nH]1)C1(C)CC1. The highest BCUT2D eigenvalue weighted by atomic mass is 19.4. The van der Waals surface area contributed by atoms with Crippen molar-refractivity contribution in [3.63, 3.8) is 0 Å². The van der Waals surface area contributed by atoms with E-state index >= 15 is 0 Å². The maximum atomic E-state index is 14.2. The lowest BCUT2D eigenvalue weighted by molar-refractivity contribution is -0.197. The van der Waals surface area contributed by atoms with Gasteiger partial charge in [-0.15, -0.1) is 0 Å². The summed E-state index contributed by atoms with van der Waals surface area (Å²) in [5.41, 5.74) is 1.51. The molecule has 2 aliphatic rings. The molecule has 11 heteroatoms. The van der Waals surface area contributed by atoms with E-state index < -0.39 is 34.4 Å². The third kappa shape index (κ3) is 6.89. The molecule has 2 aromatic heterocycles. The van der Waals surface area contributed by atoms with Crippen LogP contribution in [0.15, 0.2) is 60.9 Å². The number of alkyl halides is 3. The number of aromatic nitrogens is 4. The van der Waals surface area contributed by atoms with E-state index in [1.807, 2.05) is 75.5 Å². The van der Waals surface area contributed by atoms with Crippen molar-refractivity contribution < 1.29 is 22.8 Å². The summed E-state index contributed by atoms with van der Waals surface area (Å²) in [6.07, 6.45) is 0.913. The van der Waals surface area contributed by atoms with Crippen LogP contribution in [0.2, 0.25) is 0 Å². The minimum Gasteiger partial charge on any atom is -0.346 e. The zero-order chi connectivity index (χ0) is 35.6. The van der Waals surface area contributed by atoms with E-state index in [4.69, 9.17) is 4.98 Å². The van der Waals surface area contributed by atoms with Gasteiger partial charge in [-0.2, -0.15) is 13.2 Å². The minimum absolute atomic E-state index is 0.00596. The number of aromatic amines is 2. The number of benzene rings is 2. The molecule has 49 heavy (non-hydrogen) atoms. The number of halogens is 3. The van der Waals surface area contributed by atoms with Crippen molar-refractivity contribution in [3.8, 4) is 33.6 Å². The summed E-state index contributed by atoms with van der Waals surface area (Å²) in [5, 5.41) is 5.87. The van der Waals surface area contributed by atoms with E-state index in [9.17, 15) is 22.8 Å². The molecular formula is C38H45F3N6O2. The van der Waals surface area contributed by atoms with Gasteiger partial charge in [-0.05, 0) is 42.2 Å². The van der Waals surface area contributed by atoms with Gasteiger partial charge in [-0.1, -0.05) is 97.0 Å². The Morgan fingerprint density at radius 3 is 1.37 bits per heavy atom. The van der Waals surface area contributed by atoms with Crippen molar-refractivity contribution in [1.82, 2.24) is 30.6 Å². The molecule has 2 aliphatic carbocycles. The van der Waals surface area contributed by atoms with Crippen LogP contribution >= 0.6 is 0 Å². The van der Waals surface area contributed by atoms with Crippen LogP contribution in [0.5, 0.6) is 0 Å². The van der Waals surface area contributed by atoms with Gasteiger partial charge in [0.2, 0.25) is 11.8 Å². The smallest absolute Gasteiger partial charge is 0.346 e. The Morgan fingerprint density at radius 1 is 0.653 bits per heavy atom. The Labute approximate surface area is 285 Å². The Hall–Kier alpha value is -4.41. The summed E-state index contributed by atoms with van der Waals surface area (Å²) in [6, 6.07) is 14.2. The van der Waals surface area contributed by atoms with Crippen LogP contribution in [0.3, 0.4) is 0 Å². The summed E-state index contributed by atoms with van der Waals surface area (Å²) >= 11 is 0. The van der Waals surface area contributed by atoms with Crippen LogP contribution in [0.1, 0.15) is 97.9 Å². The molecule has 8 nitrogen and oxygen atoms in total. The summed E-state index contributed by atoms with van der Waals surface area (Å²) in [7, 11) is 0. The predicted octanol–water partition coefficient (Wildman–Crippen LogP) is 8.68. The van der Waals surface area contributed by atoms with Gasteiger partial charge in [0, 0.05) is 34.4 Å². The van der Waals surface area contributed by atoms with Crippen LogP contribution in [0, 0.1) is 21.7 Å². The number of hydrogen-bond acceptors (Lipinski definition) is 4. The lowest BCUT2D eigenvalue weighted by atomic mass is 9.90. The predicted molar refractivity (Wildman–Crippen MR) is 183 cm³/mol. The molecule has 0 radical (unpaired) electrons. The van der Waals surface area contributed by atoms with Crippen molar-refractivity contribution in [2.45, 2.75) is 92.4 Å². The van der Waals surface area contributed by atoms with Crippen LogP contribution in [-0.4, -0.2) is 37.9 Å². The fraction of sp³-hybridized carbons (Fsp3) is 0.474. The number of nitrogens with one attached hydrogen (secondary N) is 4. The highest BCUT2D eigenvalue weighted by Crippen LogP contribution is 2.64. The van der Waals surface area contributed by atoms with Gasteiger partial charge in [-0.25, -0.2) is 9.97 Å². The number of amides is 2. The zero-order valence-corrected chi connectivity index (χ0v) is 29.1. The zero-order valence-electron chi connectivity index (χ0n) is 29.1. The normalized spacial score (nSPS) is 18.0. The Balaban J connectivity index is 1.17. The average Bonchev–Trinajstić information content (AvgIpc) is 3.88. The first kappa shape index (κ1) is 34.5. The van der Waals surface area contributed by atoms with Gasteiger partial charge in [0.1, 0.15) is 17.7 Å². The fourth-order valence-electron chi connectivity index (χ4n) is 6.02. The standard InChI is InChI=1S/C38H45F3N6O2/c1-34(2,3)32(48)46-28(36(7)16-17-36)30-42-20-26(44-30)24-12-8-22(9-13-24)23-10-14-25(15-11-23)27-21-43-31(45-27)29(47-33(49)35(4,5)6)37(18-19-37)38(39,40)41/h8-15,20-21,28-29H,16-19H2,1-7H3,(H,42,44)(H,43,45)(H,46,48)(H,47,49). The van der Waals surface area contributed by atoms with Gasteiger partial charge >= 0.3 is 6.18 Å². The average molecular weight is 675 g/mol. The second kappa shape index (κ2) is 11.9. The van der Waals surface area contributed by atoms with Gasteiger partial charge in [0.25, 0.3) is 0 Å². The van der Waals surface area contributed by atoms with E-state index in [1.165, 1.54) is 0 Å². The Bertz CT molecular complexity index is 1830. The first-order valence-corrected chi connectivity index (χ1v) is 16.8. The molecule has 2 unspecified atom stereocenters. The van der Waals surface area contributed by atoms with E-state index in [2.05, 4.69) is 32.5 Å². The number of carbonyl (C=O) groups is 2. The quantitative estimate of drug-likeness (QED) is 0.142. The largest absolute Gasteiger partial charge is 0.396 e. The molecule has 260 valence electrons. The molecule has 2 saturated carbocycles. The second-order valence-corrected chi connectivity index (χ2v) is 16.1. The Morgan fingerprint density at radius 2 is 1.02 bits per heavy atom. The number of hydrogen-bond donors (Lipinski definition) is 4.